The molecule has 1 aromatic heterocycles. The number of carbonyl (C=O) groups is 2. The molecule has 150 valence electrons. The molecule has 9 heteroatoms. The highest BCUT2D eigenvalue weighted by molar-refractivity contribution is 6.45. The van der Waals surface area contributed by atoms with Crippen LogP contribution in [0.1, 0.15) is 28.9 Å². The average Bonchev–Trinajstić information content (AvgIpc) is 3.15. The quantitative estimate of drug-likeness (QED) is 0.273. The van der Waals surface area contributed by atoms with Crippen LogP contribution in [0.3, 0.4) is 0 Å². The number of nitrogens with zero attached hydrogens (tertiary/aromatic N) is 1. The van der Waals surface area contributed by atoms with Gasteiger partial charge in [0.1, 0.15) is 0 Å². The van der Waals surface area contributed by atoms with Gasteiger partial charge in [-0.3, -0.25) is 19.7 Å². The van der Waals surface area contributed by atoms with E-state index in [0.29, 0.717) is 22.4 Å². The van der Waals surface area contributed by atoms with Crippen LogP contribution >= 0.6 is 0 Å². The van der Waals surface area contributed by atoms with Crippen molar-refractivity contribution < 1.29 is 24.0 Å². The fourth-order valence-electron chi connectivity index (χ4n) is 3.00. The van der Waals surface area contributed by atoms with Gasteiger partial charge in [0.25, 0.3) is 17.4 Å². The van der Waals surface area contributed by atoms with Crippen LogP contribution in [0.25, 0.3) is 10.9 Å². The molecule has 3 aromatic rings. The first-order chi connectivity index (χ1) is 13.8. The number of methoxy groups -OCH3 is 2. The van der Waals surface area contributed by atoms with E-state index in [1.54, 1.807) is 25.1 Å². The van der Waals surface area contributed by atoms with Crippen LogP contribution in [0.2, 0.25) is 0 Å². The number of carbonyl (C=O) groups excluding carboxylic acids is 2. The lowest BCUT2D eigenvalue weighted by Gasteiger charge is -2.16. The van der Waals surface area contributed by atoms with Gasteiger partial charge < -0.3 is 19.8 Å². The van der Waals surface area contributed by atoms with Crippen molar-refractivity contribution in [3.63, 3.8) is 0 Å². The van der Waals surface area contributed by atoms with Crippen LogP contribution < -0.4 is 14.8 Å². The van der Waals surface area contributed by atoms with E-state index in [0.717, 1.165) is 5.56 Å². The van der Waals surface area contributed by atoms with Gasteiger partial charge in [-0.05, 0) is 30.7 Å². The number of ketones is 1. The molecule has 0 aliphatic rings. The van der Waals surface area contributed by atoms with E-state index in [1.165, 1.54) is 38.6 Å². The third kappa shape index (κ3) is 3.88. The van der Waals surface area contributed by atoms with Gasteiger partial charge in [0, 0.05) is 29.2 Å². The molecule has 2 N–H and O–H groups in total. The molecule has 0 aliphatic heterocycles. The van der Waals surface area contributed by atoms with Crippen molar-refractivity contribution in [1.29, 1.82) is 0 Å². The molecule has 0 saturated heterocycles. The number of H-pyrrole nitrogens is 1. The third-order valence-electron chi connectivity index (χ3n) is 4.58. The summed E-state index contributed by atoms with van der Waals surface area (Å²) < 4.78 is 10.4. The summed E-state index contributed by atoms with van der Waals surface area (Å²) in [7, 11) is 3.03. The Morgan fingerprint density at radius 3 is 2.48 bits per heavy atom. The number of fused-ring (bicyclic) bond motifs is 1. The molecular formula is C20H19N3O6. The molecule has 9 nitrogen and oxygen atoms in total. The molecular weight excluding hydrogens is 378 g/mol. The maximum absolute atomic E-state index is 12.6. The van der Waals surface area contributed by atoms with Gasteiger partial charge in [-0.2, -0.15) is 0 Å². The second-order valence-corrected chi connectivity index (χ2v) is 6.33. The minimum absolute atomic E-state index is 0.0701. The zero-order valence-corrected chi connectivity index (χ0v) is 16.0. The van der Waals surface area contributed by atoms with E-state index in [-0.39, 0.29) is 11.3 Å². The minimum Gasteiger partial charge on any atom is -0.493 e. The zero-order valence-electron chi connectivity index (χ0n) is 16.0. The van der Waals surface area contributed by atoms with Crippen molar-refractivity contribution in [2.75, 3.05) is 14.2 Å². The molecule has 0 unspecified atom stereocenters. The molecule has 0 spiro atoms. The SMILES string of the molecule is COc1ccc([C@H](C)NC(=O)C(=O)c2c[nH]c3ccc([N+](=O)[O-])cc23)cc1OC. The van der Waals surface area contributed by atoms with Crippen LogP contribution in [-0.4, -0.2) is 35.8 Å². The topological polar surface area (TPSA) is 124 Å². The standard InChI is InChI=1S/C20H19N3O6/c1-11(12-4-7-17(28-2)18(8-12)29-3)22-20(25)19(24)15-10-21-16-6-5-13(23(26)27)9-14(15)16/h4-11,21H,1-3H3,(H,22,25)/t11-/m0/s1. The van der Waals surface area contributed by atoms with Gasteiger partial charge in [0.05, 0.1) is 30.7 Å². The number of nitro groups is 1. The first-order valence-electron chi connectivity index (χ1n) is 8.68. The van der Waals surface area contributed by atoms with E-state index in [2.05, 4.69) is 10.3 Å². The van der Waals surface area contributed by atoms with Gasteiger partial charge in [0.15, 0.2) is 11.5 Å². The smallest absolute Gasteiger partial charge is 0.292 e. The molecule has 1 atom stereocenters. The predicted octanol–water partition coefficient (Wildman–Crippen LogP) is 3.15. The van der Waals surface area contributed by atoms with E-state index in [4.69, 9.17) is 9.47 Å². The second-order valence-electron chi connectivity index (χ2n) is 6.33. The molecule has 2 aromatic carbocycles. The van der Waals surface area contributed by atoms with E-state index >= 15 is 0 Å². The lowest BCUT2D eigenvalue weighted by molar-refractivity contribution is -0.384. The van der Waals surface area contributed by atoms with Gasteiger partial charge in [-0.15, -0.1) is 0 Å². The fourth-order valence-corrected chi connectivity index (χ4v) is 3.00. The Hall–Kier alpha value is -3.88. The molecule has 0 radical (unpaired) electrons. The Kier molecular flexibility index (Phi) is 5.49. The van der Waals surface area contributed by atoms with Crippen molar-refractivity contribution >= 4 is 28.3 Å². The number of rotatable bonds is 7. The summed E-state index contributed by atoms with van der Waals surface area (Å²) >= 11 is 0. The number of hydrogen-bond donors (Lipinski definition) is 2. The lowest BCUT2D eigenvalue weighted by atomic mass is 10.1. The summed E-state index contributed by atoms with van der Waals surface area (Å²) in [5.74, 6) is -0.559. The number of nitro benzene ring substituents is 1. The number of amides is 1. The molecule has 0 saturated carbocycles. The number of benzene rings is 2. The lowest BCUT2D eigenvalue weighted by Crippen LogP contribution is -2.33. The minimum atomic E-state index is -0.820. The van der Waals surface area contributed by atoms with Crippen LogP contribution in [0.4, 0.5) is 5.69 Å². The maximum Gasteiger partial charge on any atom is 0.292 e. The predicted molar refractivity (Wildman–Crippen MR) is 105 cm³/mol. The normalized spacial score (nSPS) is 11.7. The molecule has 0 bridgehead atoms. The number of Topliss-reactive ketones (excluding diaryl/α,β-unsaturated/α-hetero) is 1. The van der Waals surface area contributed by atoms with Crippen molar-refractivity contribution in [2.24, 2.45) is 0 Å². The van der Waals surface area contributed by atoms with E-state index in [9.17, 15) is 19.7 Å². The van der Waals surface area contributed by atoms with Crippen molar-refractivity contribution in [3.05, 3.63) is 63.8 Å². The van der Waals surface area contributed by atoms with Gasteiger partial charge in [0.2, 0.25) is 0 Å². The highest BCUT2D eigenvalue weighted by Crippen LogP contribution is 2.30. The number of ether oxygens (including phenoxy) is 2. The summed E-state index contributed by atoms with van der Waals surface area (Å²) in [5.41, 5.74) is 1.16. The average molecular weight is 397 g/mol. The molecule has 1 heterocycles. The Balaban J connectivity index is 1.82. The first-order valence-corrected chi connectivity index (χ1v) is 8.68. The Bertz CT molecular complexity index is 1100. The summed E-state index contributed by atoms with van der Waals surface area (Å²) in [4.78, 5) is 38.4. The molecule has 0 aliphatic carbocycles. The van der Waals surface area contributed by atoms with Crippen LogP contribution in [0.15, 0.2) is 42.6 Å². The molecule has 0 fully saturated rings. The van der Waals surface area contributed by atoms with Crippen LogP contribution in [0, 0.1) is 10.1 Å². The Labute approximate surface area is 165 Å². The van der Waals surface area contributed by atoms with Crippen LogP contribution in [0.5, 0.6) is 11.5 Å². The van der Waals surface area contributed by atoms with Crippen molar-refractivity contribution in [1.82, 2.24) is 10.3 Å². The Morgan fingerprint density at radius 1 is 1.10 bits per heavy atom. The summed E-state index contributed by atoms with van der Waals surface area (Å²) in [6, 6.07) is 8.78. The van der Waals surface area contributed by atoms with Gasteiger partial charge >= 0.3 is 0 Å². The van der Waals surface area contributed by atoms with Crippen LogP contribution in [-0.2, 0) is 4.79 Å². The van der Waals surface area contributed by atoms with E-state index in [1.807, 2.05) is 0 Å². The highest BCUT2D eigenvalue weighted by Gasteiger charge is 2.23. The summed E-state index contributed by atoms with van der Waals surface area (Å²) in [6.07, 6.45) is 1.37. The maximum atomic E-state index is 12.6. The second kappa shape index (κ2) is 8.01. The number of hydrogen-bond acceptors (Lipinski definition) is 6. The van der Waals surface area contributed by atoms with Crippen molar-refractivity contribution in [3.8, 4) is 11.5 Å². The number of nitrogens with one attached hydrogen (secondary N) is 2. The summed E-state index contributed by atoms with van der Waals surface area (Å²) in [5, 5.41) is 14.0. The highest BCUT2D eigenvalue weighted by atomic mass is 16.6. The molecule has 1 amide bonds. The largest absolute Gasteiger partial charge is 0.493 e. The fraction of sp³-hybridized carbons (Fsp3) is 0.200. The third-order valence-corrected chi connectivity index (χ3v) is 4.58. The summed E-state index contributed by atoms with van der Waals surface area (Å²) in [6.45, 7) is 1.73. The number of aromatic nitrogens is 1. The number of non-ortho nitro benzene ring substituents is 1. The molecule has 3 rings (SSSR count). The van der Waals surface area contributed by atoms with E-state index < -0.39 is 22.7 Å². The Morgan fingerprint density at radius 2 is 1.83 bits per heavy atom. The number of aromatic amines is 1. The van der Waals surface area contributed by atoms with Gasteiger partial charge in [-0.25, -0.2) is 0 Å². The molecule has 29 heavy (non-hydrogen) atoms. The van der Waals surface area contributed by atoms with Gasteiger partial charge in [-0.1, -0.05) is 6.07 Å². The van der Waals surface area contributed by atoms with Crippen molar-refractivity contribution in [2.45, 2.75) is 13.0 Å². The first kappa shape index (κ1) is 19.9. The zero-order chi connectivity index (χ0) is 21.1. The monoisotopic (exact) mass is 397 g/mol.